The molecule has 0 bridgehead atoms. The molecule has 0 spiro atoms. The van der Waals surface area contributed by atoms with Gasteiger partial charge in [0.2, 0.25) is 0 Å². The highest BCUT2D eigenvalue weighted by molar-refractivity contribution is 9.10. The van der Waals surface area contributed by atoms with Crippen LogP contribution >= 0.6 is 27.7 Å². The first-order valence-electron chi connectivity index (χ1n) is 5.48. The van der Waals surface area contributed by atoms with Gasteiger partial charge in [0.25, 0.3) is 0 Å². The van der Waals surface area contributed by atoms with Crippen LogP contribution < -0.4 is 5.73 Å². The maximum Gasteiger partial charge on any atom is 0.0673 e. The fourth-order valence-electron chi connectivity index (χ4n) is 1.84. The summed E-state index contributed by atoms with van der Waals surface area (Å²) in [6.45, 7) is 2.14. The second kappa shape index (κ2) is 5.43. The molecule has 0 amide bonds. The molecule has 1 aromatic rings. The van der Waals surface area contributed by atoms with Crippen LogP contribution in [0.2, 0.25) is 0 Å². The minimum atomic E-state index is 0.392. The summed E-state index contributed by atoms with van der Waals surface area (Å²) in [5.41, 5.74) is 6.78. The van der Waals surface area contributed by atoms with Crippen LogP contribution in [0.15, 0.2) is 27.6 Å². The van der Waals surface area contributed by atoms with Gasteiger partial charge in [-0.25, -0.2) is 0 Å². The number of anilines is 1. The molecule has 4 heteroatoms. The number of ether oxygens (including phenoxy) is 1. The molecule has 1 fully saturated rings. The van der Waals surface area contributed by atoms with E-state index in [1.165, 1.54) is 12.8 Å². The molecule has 0 saturated carbocycles. The Morgan fingerprint density at radius 1 is 1.50 bits per heavy atom. The lowest BCUT2D eigenvalue weighted by Gasteiger charge is -2.11. The molecular weight excluding hydrogens is 286 g/mol. The molecule has 1 aromatic carbocycles. The van der Waals surface area contributed by atoms with Crippen LogP contribution in [0.4, 0.5) is 5.69 Å². The van der Waals surface area contributed by atoms with Gasteiger partial charge in [0.05, 0.1) is 12.2 Å². The Morgan fingerprint density at radius 3 is 2.94 bits per heavy atom. The molecular formula is C12H16BrNOS. The quantitative estimate of drug-likeness (QED) is 0.683. The van der Waals surface area contributed by atoms with E-state index in [1.54, 1.807) is 11.8 Å². The molecule has 2 atom stereocenters. The fraction of sp³-hybridized carbons (Fsp3) is 0.500. The number of halogens is 1. The van der Waals surface area contributed by atoms with Gasteiger partial charge >= 0.3 is 0 Å². The van der Waals surface area contributed by atoms with Crippen molar-refractivity contribution in [1.29, 1.82) is 0 Å². The summed E-state index contributed by atoms with van der Waals surface area (Å²) in [7, 11) is 0. The van der Waals surface area contributed by atoms with Crippen molar-refractivity contribution in [2.75, 3.05) is 11.5 Å². The molecule has 2 unspecified atom stereocenters. The fourth-order valence-corrected chi connectivity index (χ4v) is 3.22. The van der Waals surface area contributed by atoms with Crippen molar-refractivity contribution in [1.82, 2.24) is 0 Å². The van der Waals surface area contributed by atoms with E-state index in [4.69, 9.17) is 10.5 Å². The minimum absolute atomic E-state index is 0.392. The second-order valence-corrected chi connectivity index (χ2v) is 6.12. The van der Waals surface area contributed by atoms with Gasteiger partial charge in [0.15, 0.2) is 0 Å². The van der Waals surface area contributed by atoms with Gasteiger partial charge in [-0.1, -0.05) is 15.9 Å². The molecule has 2 N–H and O–H groups in total. The third kappa shape index (κ3) is 3.15. The van der Waals surface area contributed by atoms with Gasteiger partial charge in [0.1, 0.15) is 0 Å². The average molecular weight is 302 g/mol. The van der Waals surface area contributed by atoms with Crippen molar-refractivity contribution < 1.29 is 4.74 Å². The maximum atomic E-state index is 5.94. The summed E-state index contributed by atoms with van der Waals surface area (Å²) in [5.74, 6) is 0.996. The Balaban J connectivity index is 1.89. The van der Waals surface area contributed by atoms with Crippen LogP contribution in [0.25, 0.3) is 0 Å². The number of rotatable bonds is 3. The Kier molecular flexibility index (Phi) is 4.16. The van der Waals surface area contributed by atoms with Crippen molar-refractivity contribution in [3.05, 3.63) is 22.7 Å². The van der Waals surface area contributed by atoms with Gasteiger partial charge in [-0.05, 0) is 38.0 Å². The molecule has 88 valence electrons. The SMILES string of the molecule is CC1CCC(CSc2ccc(Br)cc2N)O1. The van der Waals surface area contributed by atoms with Gasteiger partial charge in [0, 0.05) is 20.8 Å². The van der Waals surface area contributed by atoms with E-state index in [2.05, 4.69) is 28.9 Å². The maximum absolute atomic E-state index is 5.94. The highest BCUT2D eigenvalue weighted by Crippen LogP contribution is 2.31. The summed E-state index contributed by atoms with van der Waals surface area (Å²) < 4.78 is 6.80. The van der Waals surface area contributed by atoms with Crippen LogP contribution in [0, 0.1) is 0 Å². The summed E-state index contributed by atoms with van der Waals surface area (Å²) >= 11 is 5.19. The monoisotopic (exact) mass is 301 g/mol. The Hall–Kier alpha value is -0.190. The van der Waals surface area contributed by atoms with E-state index in [-0.39, 0.29) is 0 Å². The predicted molar refractivity (Wildman–Crippen MR) is 72.8 cm³/mol. The molecule has 2 rings (SSSR count). The van der Waals surface area contributed by atoms with E-state index in [0.717, 1.165) is 20.8 Å². The molecule has 2 nitrogen and oxygen atoms in total. The van der Waals surface area contributed by atoms with E-state index in [0.29, 0.717) is 12.2 Å². The van der Waals surface area contributed by atoms with E-state index >= 15 is 0 Å². The molecule has 16 heavy (non-hydrogen) atoms. The molecule has 1 aliphatic rings. The van der Waals surface area contributed by atoms with Crippen molar-refractivity contribution in [2.45, 2.75) is 36.9 Å². The zero-order valence-corrected chi connectivity index (χ0v) is 11.7. The third-order valence-corrected chi connectivity index (χ3v) is 4.43. The minimum Gasteiger partial charge on any atom is -0.398 e. The molecule has 0 radical (unpaired) electrons. The first-order chi connectivity index (χ1) is 7.65. The Morgan fingerprint density at radius 2 is 2.31 bits per heavy atom. The first kappa shape index (κ1) is 12.3. The van der Waals surface area contributed by atoms with Gasteiger partial charge in [-0.3, -0.25) is 0 Å². The molecule has 0 aromatic heterocycles. The van der Waals surface area contributed by atoms with E-state index in [1.807, 2.05) is 12.1 Å². The highest BCUT2D eigenvalue weighted by Gasteiger charge is 2.21. The van der Waals surface area contributed by atoms with Crippen LogP contribution in [-0.2, 0) is 4.74 Å². The lowest BCUT2D eigenvalue weighted by atomic mass is 10.2. The smallest absolute Gasteiger partial charge is 0.0673 e. The van der Waals surface area contributed by atoms with Gasteiger partial charge in [-0.15, -0.1) is 11.8 Å². The van der Waals surface area contributed by atoms with Crippen molar-refractivity contribution in [3.8, 4) is 0 Å². The summed E-state index contributed by atoms with van der Waals surface area (Å²) in [6.07, 6.45) is 3.17. The zero-order chi connectivity index (χ0) is 11.5. The molecule has 0 aliphatic carbocycles. The Bertz CT molecular complexity index is 372. The summed E-state index contributed by atoms with van der Waals surface area (Å²) in [5, 5.41) is 0. The number of thioether (sulfide) groups is 1. The van der Waals surface area contributed by atoms with Crippen LogP contribution in [-0.4, -0.2) is 18.0 Å². The summed E-state index contributed by atoms with van der Waals surface area (Å²) in [4.78, 5) is 1.14. The van der Waals surface area contributed by atoms with Crippen molar-refractivity contribution >= 4 is 33.4 Å². The standard InChI is InChI=1S/C12H16BrNOS/c1-8-2-4-10(15-8)7-16-12-5-3-9(13)6-11(12)14/h3,5-6,8,10H,2,4,7,14H2,1H3. The van der Waals surface area contributed by atoms with Crippen LogP contribution in [0.5, 0.6) is 0 Å². The first-order valence-corrected chi connectivity index (χ1v) is 7.26. The average Bonchev–Trinajstić information content (AvgIpc) is 2.63. The van der Waals surface area contributed by atoms with Gasteiger partial charge < -0.3 is 10.5 Å². The lowest BCUT2D eigenvalue weighted by molar-refractivity contribution is 0.0700. The van der Waals surface area contributed by atoms with Crippen LogP contribution in [0.1, 0.15) is 19.8 Å². The van der Waals surface area contributed by atoms with Crippen molar-refractivity contribution in [3.63, 3.8) is 0 Å². The van der Waals surface area contributed by atoms with E-state index in [9.17, 15) is 0 Å². The van der Waals surface area contributed by atoms with Gasteiger partial charge in [-0.2, -0.15) is 0 Å². The predicted octanol–water partition coefficient (Wildman–Crippen LogP) is 3.69. The Labute approximate surface area is 109 Å². The normalized spacial score (nSPS) is 24.9. The number of nitrogens with two attached hydrogens (primary N) is 1. The molecule has 1 heterocycles. The zero-order valence-electron chi connectivity index (χ0n) is 9.28. The largest absolute Gasteiger partial charge is 0.398 e. The van der Waals surface area contributed by atoms with Crippen molar-refractivity contribution in [2.24, 2.45) is 0 Å². The second-order valence-electron chi connectivity index (χ2n) is 4.14. The molecule has 1 saturated heterocycles. The highest BCUT2D eigenvalue weighted by atomic mass is 79.9. The molecule has 1 aliphatic heterocycles. The van der Waals surface area contributed by atoms with Crippen LogP contribution in [0.3, 0.4) is 0 Å². The number of hydrogen-bond acceptors (Lipinski definition) is 3. The lowest BCUT2D eigenvalue weighted by Crippen LogP contribution is -2.10. The topological polar surface area (TPSA) is 35.2 Å². The third-order valence-electron chi connectivity index (χ3n) is 2.72. The van der Waals surface area contributed by atoms with E-state index < -0.39 is 0 Å². The summed E-state index contributed by atoms with van der Waals surface area (Å²) in [6, 6.07) is 6.03. The number of hydrogen-bond donors (Lipinski definition) is 1. The number of nitrogen functional groups attached to an aromatic ring is 1. The number of benzene rings is 1.